The number of amides is 3. The largest absolute Gasteiger partial charge is 0.497 e. The highest BCUT2D eigenvalue weighted by Crippen LogP contribution is 2.17. The molecule has 0 aromatic heterocycles. The highest BCUT2D eigenvalue weighted by atomic mass is 16.5. The van der Waals surface area contributed by atoms with E-state index in [0.29, 0.717) is 17.7 Å². The number of carbonyl (C=O) groups is 3. The van der Waals surface area contributed by atoms with E-state index in [2.05, 4.69) is 10.6 Å². The number of ether oxygens (including phenoxy) is 1. The third kappa shape index (κ3) is 3.14. The molecule has 2 rings (SSSR count). The highest BCUT2D eigenvalue weighted by Gasteiger charge is 2.28. The first kappa shape index (κ1) is 14.0. The van der Waals surface area contributed by atoms with Gasteiger partial charge >= 0.3 is 0 Å². The molecule has 20 heavy (non-hydrogen) atoms. The second-order valence-electron chi connectivity index (χ2n) is 4.72. The zero-order valence-electron chi connectivity index (χ0n) is 11.4. The molecule has 0 spiro atoms. The van der Waals surface area contributed by atoms with Crippen LogP contribution >= 0.6 is 0 Å². The van der Waals surface area contributed by atoms with Gasteiger partial charge in [-0.1, -0.05) is 0 Å². The Labute approximate surface area is 116 Å². The van der Waals surface area contributed by atoms with E-state index in [0.717, 1.165) is 5.56 Å². The summed E-state index contributed by atoms with van der Waals surface area (Å²) in [5.41, 5.74) is 1.31. The molecule has 1 unspecified atom stereocenters. The summed E-state index contributed by atoms with van der Waals surface area (Å²) in [4.78, 5) is 34.8. The zero-order chi connectivity index (χ0) is 14.7. The average molecular weight is 276 g/mol. The Balaban J connectivity index is 2.10. The zero-order valence-corrected chi connectivity index (χ0v) is 11.4. The van der Waals surface area contributed by atoms with Crippen molar-refractivity contribution in [1.82, 2.24) is 10.6 Å². The Morgan fingerprint density at radius 1 is 1.35 bits per heavy atom. The van der Waals surface area contributed by atoms with Crippen molar-refractivity contribution in [2.45, 2.75) is 25.8 Å². The molecule has 2 N–H and O–H groups in total. The lowest BCUT2D eigenvalue weighted by molar-refractivity contribution is -0.134. The monoisotopic (exact) mass is 276 g/mol. The lowest BCUT2D eigenvalue weighted by Gasteiger charge is -2.21. The van der Waals surface area contributed by atoms with Crippen molar-refractivity contribution in [2.24, 2.45) is 0 Å². The van der Waals surface area contributed by atoms with Crippen molar-refractivity contribution in [2.75, 3.05) is 7.11 Å². The van der Waals surface area contributed by atoms with Crippen LogP contribution in [-0.4, -0.2) is 30.9 Å². The van der Waals surface area contributed by atoms with E-state index < -0.39 is 11.9 Å². The van der Waals surface area contributed by atoms with Gasteiger partial charge < -0.3 is 10.1 Å². The summed E-state index contributed by atoms with van der Waals surface area (Å²) in [6, 6.07) is 4.45. The topological polar surface area (TPSA) is 84.5 Å². The number of piperidine rings is 1. The number of benzene rings is 1. The number of carbonyl (C=O) groups excluding carboxylic acids is 3. The van der Waals surface area contributed by atoms with Crippen LogP contribution in [-0.2, 0) is 9.59 Å². The molecule has 1 saturated heterocycles. The molecule has 0 saturated carbocycles. The molecule has 1 aliphatic heterocycles. The van der Waals surface area contributed by atoms with Gasteiger partial charge in [-0.25, -0.2) is 0 Å². The summed E-state index contributed by atoms with van der Waals surface area (Å²) in [6.45, 7) is 1.85. The number of hydrogen-bond donors (Lipinski definition) is 2. The second kappa shape index (κ2) is 5.73. The van der Waals surface area contributed by atoms with Crippen LogP contribution in [0.5, 0.6) is 5.75 Å². The fourth-order valence-corrected chi connectivity index (χ4v) is 2.07. The van der Waals surface area contributed by atoms with E-state index in [1.54, 1.807) is 12.1 Å². The number of rotatable bonds is 3. The maximum Gasteiger partial charge on any atom is 0.252 e. The standard InChI is InChI=1S/C14H16N2O4/c1-8-5-9(7-10(6-8)20-2)13(18)15-11-3-4-12(17)16-14(11)19/h5-7,11H,3-4H2,1-2H3,(H,15,18)(H,16,17,19). The number of methoxy groups -OCH3 is 1. The van der Waals surface area contributed by atoms with E-state index in [1.807, 2.05) is 13.0 Å². The number of imide groups is 1. The number of aryl methyl sites for hydroxylation is 1. The average Bonchev–Trinajstić information content (AvgIpc) is 2.41. The van der Waals surface area contributed by atoms with Gasteiger partial charge in [-0.05, 0) is 37.1 Å². The molecule has 1 aromatic rings. The first-order valence-corrected chi connectivity index (χ1v) is 6.30. The van der Waals surface area contributed by atoms with Gasteiger partial charge in [0.1, 0.15) is 11.8 Å². The van der Waals surface area contributed by atoms with E-state index >= 15 is 0 Å². The first-order valence-electron chi connectivity index (χ1n) is 6.30. The smallest absolute Gasteiger partial charge is 0.252 e. The van der Waals surface area contributed by atoms with Crippen molar-refractivity contribution in [1.29, 1.82) is 0 Å². The fourth-order valence-electron chi connectivity index (χ4n) is 2.07. The van der Waals surface area contributed by atoms with Gasteiger partial charge in [-0.3, -0.25) is 19.7 Å². The predicted molar refractivity (Wildman–Crippen MR) is 71.4 cm³/mol. The van der Waals surface area contributed by atoms with Crippen molar-refractivity contribution in [3.8, 4) is 5.75 Å². The van der Waals surface area contributed by atoms with Gasteiger partial charge in [-0.15, -0.1) is 0 Å². The lowest BCUT2D eigenvalue weighted by Crippen LogP contribution is -2.52. The van der Waals surface area contributed by atoms with E-state index in [4.69, 9.17) is 4.74 Å². The Hall–Kier alpha value is -2.37. The Morgan fingerprint density at radius 2 is 2.10 bits per heavy atom. The van der Waals surface area contributed by atoms with Gasteiger partial charge in [0.25, 0.3) is 5.91 Å². The molecule has 1 atom stereocenters. The summed E-state index contributed by atoms with van der Waals surface area (Å²) >= 11 is 0. The van der Waals surface area contributed by atoms with Crippen LogP contribution < -0.4 is 15.4 Å². The summed E-state index contributed by atoms with van der Waals surface area (Å²) in [7, 11) is 1.52. The normalized spacial score (nSPS) is 18.4. The lowest BCUT2D eigenvalue weighted by atomic mass is 10.0. The van der Waals surface area contributed by atoms with E-state index in [-0.39, 0.29) is 18.2 Å². The fraction of sp³-hybridized carbons (Fsp3) is 0.357. The van der Waals surface area contributed by atoms with Crippen LogP contribution in [0.4, 0.5) is 0 Å². The number of hydrogen-bond acceptors (Lipinski definition) is 4. The van der Waals surface area contributed by atoms with Crippen LogP contribution in [0, 0.1) is 6.92 Å². The first-order chi connectivity index (χ1) is 9.49. The second-order valence-corrected chi connectivity index (χ2v) is 4.72. The predicted octanol–water partition coefficient (Wildman–Crippen LogP) is 0.539. The van der Waals surface area contributed by atoms with Gasteiger partial charge in [0.15, 0.2) is 0 Å². The van der Waals surface area contributed by atoms with Crippen molar-refractivity contribution >= 4 is 17.7 Å². The summed E-state index contributed by atoms with van der Waals surface area (Å²) in [6.07, 6.45) is 0.549. The maximum absolute atomic E-state index is 12.1. The third-order valence-electron chi connectivity index (χ3n) is 3.09. The number of nitrogens with one attached hydrogen (secondary N) is 2. The molecule has 3 amide bonds. The molecule has 1 aromatic carbocycles. The van der Waals surface area contributed by atoms with Crippen LogP contribution in [0.25, 0.3) is 0 Å². The minimum Gasteiger partial charge on any atom is -0.497 e. The van der Waals surface area contributed by atoms with E-state index in [9.17, 15) is 14.4 Å². The van der Waals surface area contributed by atoms with Crippen LogP contribution in [0.15, 0.2) is 18.2 Å². The molecular weight excluding hydrogens is 260 g/mol. The maximum atomic E-state index is 12.1. The molecule has 6 heteroatoms. The minimum absolute atomic E-state index is 0.230. The van der Waals surface area contributed by atoms with Gasteiger partial charge in [0.05, 0.1) is 7.11 Å². The van der Waals surface area contributed by atoms with Gasteiger partial charge in [0, 0.05) is 12.0 Å². The van der Waals surface area contributed by atoms with Crippen molar-refractivity contribution in [3.05, 3.63) is 29.3 Å². The molecule has 0 aliphatic carbocycles. The van der Waals surface area contributed by atoms with E-state index in [1.165, 1.54) is 7.11 Å². The molecule has 1 heterocycles. The van der Waals surface area contributed by atoms with Crippen molar-refractivity contribution < 1.29 is 19.1 Å². The third-order valence-corrected chi connectivity index (χ3v) is 3.09. The van der Waals surface area contributed by atoms with Crippen molar-refractivity contribution in [3.63, 3.8) is 0 Å². The molecule has 1 aliphatic rings. The molecule has 0 bridgehead atoms. The Kier molecular flexibility index (Phi) is 4.02. The van der Waals surface area contributed by atoms with Gasteiger partial charge in [0.2, 0.25) is 11.8 Å². The van der Waals surface area contributed by atoms with Gasteiger partial charge in [-0.2, -0.15) is 0 Å². The highest BCUT2D eigenvalue weighted by molar-refractivity contribution is 6.03. The Bertz CT molecular complexity index is 568. The molecule has 1 fully saturated rings. The molecule has 0 radical (unpaired) electrons. The summed E-state index contributed by atoms with van der Waals surface area (Å²) in [5.74, 6) is -0.549. The quantitative estimate of drug-likeness (QED) is 0.789. The SMILES string of the molecule is COc1cc(C)cc(C(=O)NC2CCC(=O)NC2=O)c1. The summed E-state index contributed by atoms with van der Waals surface area (Å²) in [5, 5.41) is 4.83. The molecule has 106 valence electrons. The van der Waals surface area contributed by atoms with Crippen LogP contribution in [0.2, 0.25) is 0 Å². The molecule has 6 nitrogen and oxygen atoms in total. The Morgan fingerprint density at radius 3 is 2.75 bits per heavy atom. The minimum atomic E-state index is -0.674. The van der Waals surface area contributed by atoms with Crippen LogP contribution in [0.1, 0.15) is 28.8 Å². The van der Waals surface area contributed by atoms with Crippen LogP contribution in [0.3, 0.4) is 0 Å². The molecular formula is C14H16N2O4. The summed E-state index contributed by atoms with van der Waals surface area (Å²) < 4.78 is 5.11.